The molecule has 1 atom stereocenters. The molecule has 0 saturated heterocycles. The van der Waals surface area contributed by atoms with E-state index in [1.165, 1.54) is 11.2 Å². The smallest absolute Gasteiger partial charge is 0.296 e. The normalized spacial score (nSPS) is 16.4. The van der Waals surface area contributed by atoms with Gasteiger partial charge in [0.1, 0.15) is 17.4 Å². The second-order valence-corrected chi connectivity index (χ2v) is 8.35. The number of nitrogens with one attached hydrogen (secondary N) is 1. The van der Waals surface area contributed by atoms with Crippen LogP contribution >= 0.6 is 0 Å². The number of para-hydroxylation sites is 1. The van der Waals surface area contributed by atoms with Crippen molar-refractivity contribution < 1.29 is 23.5 Å². The number of aromatic amines is 1. The van der Waals surface area contributed by atoms with Crippen molar-refractivity contribution in [1.29, 1.82) is 0 Å². The number of aliphatic hydroxyl groups is 1. The minimum atomic E-state index is -1.02. The Kier molecular flexibility index (Phi) is 4.25. The van der Waals surface area contributed by atoms with E-state index in [1.54, 1.807) is 30.3 Å². The van der Waals surface area contributed by atoms with Crippen LogP contribution in [0.1, 0.15) is 33.5 Å². The number of nitrogens with zero attached hydrogens (tertiary/aromatic N) is 2. The van der Waals surface area contributed by atoms with Crippen molar-refractivity contribution >= 4 is 39.6 Å². The van der Waals surface area contributed by atoms with Crippen molar-refractivity contribution in [2.24, 2.45) is 0 Å². The highest BCUT2D eigenvalue weighted by atomic mass is 16.3. The maximum Gasteiger partial charge on any atom is 0.296 e. The molecular formula is C26H19N3O5. The molecule has 0 bridgehead atoms. The Hall–Kier alpha value is -4.59. The lowest BCUT2D eigenvalue weighted by atomic mass is 9.99. The average molecular weight is 453 g/mol. The molecule has 2 aromatic carbocycles. The zero-order valence-corrected chi connectivity index (χ0v) is 18.3. The van der Waals surface area contributed by atoms with Gasteiger partial charge >= 0.3 is 0 Å². The molecule has 1 unspecified atom stereocenters. The number of aliphatic hydroxyl groups excluding tert-OH is 1. The SMILES string of the molecule is Cc1cc2nc(N3C(=O)C(O)=C(C(=O)c4cc5ccccc5o4)C3c3ccco3)[nH]c2cc1C. The Morgan fingerprint density at radius 3 is 2.65 bits per heavy atom. The van der Waals surface area contributed by atoms with Gasteiger partial charge in [-0.15, -0.1) is 0 Å². The first-order chi connectivity index (χ1) is 16.4. The summed E-state index contributed by atoms with van der Waals surface area (Å²) in [5.41, 5.74) is 3.93. The molecule has 8 nitrogen and oxygen atoms in total. The summed E-state index contributed by atoms with van der Waals surface area (Å²) in [6, 6.07) is 14.9. The van der Waals surface area contributed by atoms with Gasteiger partial charge in [-0.05, 0) is 61.4 Å². The van der Waals surface area contributed by atoms with E-state index in [4.69, 9.17) is 8.83 Å². The third-order valence-corrected chi connectivity index (χ3v) is 6.23. The highest BCUT2D eigenvalue weighted by Gasteiger charge is 2.48. The lowest BCUT2D eigenvalue weighted by Crippen LogP contribution is -2.31. The highest BCUT2D eigenvalue weighted by Crippen LogP contribution is 2.42. The monoisotopic (exact) mass is 453 g/mol. The van der Waals surface area contributed by atoms with E-state index in [0.717, 1.165) is 22.0 Å². The van der Waals surface area contributed by atoms with Crippen molar-refractivity contribution in [1.82, 2.24) is 9.97 Å². The van der Waals surface area contributed by atoms with E-state index in [-0.39, 0.29) is 17.3 Å². The number of Topliss-reactive ketones (excluding diaryl/α,β-unsaturated/α-hetero) is 1. The zero-order chi connectivity index (χ0) is 23.6. The van der Waals surface area contributed by atoms with Gasteiger partial charge in [-0.25, -0.2) is 4.98 Å². The van der Waals surface area contributed by atoms with Crippen LogP contribution in [0.3, 0.4) is 0 Å². The Morgan fingerprint density at radius 2 is 1.88 bits per heavy atom. The van der Waals surface area contributed by atoms with Crippen LogP contribution in [-0.2, 0) is 4.79 Å². The van der Waals surface area contributed by atoms with Crippen molar-refractivity contribution in [3.05, 3.63) is 94.8 Å². The molecular weight excluding hydrogens is 434 g/mol. The van der Waals surface area contributed by atoms with Crippen molar-refractivity contribution in [2.75, 3.05) is 4.90 Å². The largest absolute Gasteiger partial charge is 0.503 e. The molecule has 0 spiro atoms. The molecule has 5 aromatic rings. The minimum absolute atomic E-state index is 0.0183. The molecule has 34 heavy (non-hydrogen) atoms. The molecule has 0 radical (unpaired) electrons. The summed E-state index contributed by atoms with van der Waals surface area (Å²) >= 11 is 0. The first kappa shape index (κ1) is 20.0. The van der Waals surface area contributed by atoms with E-state index >= 15 is 0 Å². The van der Waals surface area contributed by atoms with Gasteiger partial charge in [-0.1, -0.05) is 18.2 Å². The van der Waals surface area contributed by atoms with Crippen LogP contribution in [0.2, 0.25) is 0 Å². The summed E-state index contributed by atoms with van der Waals surface area (Å²) in [4.78, 5) is 35.8. The quantitative estimate of drug-likeness (QED) is 0.357. The van der Waals surface area contributed by atoms with Crippen molar-refractivity contribution in [2.45, 2.75) is 19.9 Å². The number of hydrogen-bond donors (Lipinski definition) is 2. The number of aromatic nitrogens is 2. The van der Waals surface area contributed by atoms with Crippen LogP contribution in [-0.4, -0.2) is 26.8 Å². The first-order valence-electron chi connectivity index (χ1n) is 10.7. The number of furan rings is 2. The molecule has 2 N–H and O–H groups in total. The average Bonchev–Trinajstić information content (AvgIpc) is 3.60. The van der Waals surface area contributed by atoms with Gasteiger partial charge in [0.25, 0.3) is 5.91 Å². The second kappa shape index (κ2) is 7.21. The van der Waals surface area contributed by atoms with Crippen LogP contribution in [0, 0.1) is 13.8 Å². The van der Waals surface area contributed by atoms with E-state index < -0.39 is 23.5 Å². The number of rotatable bonds is 4. The van der Waals surface area contributed by atoms with Gasteiger partial charge < -0.3 is 18.9 Å². The van der Waals surface area contributed by atoms with Gasteiger partial charge in [0.2, 0.25) is 11.7 Å². The fourth-order valence-corrected chi connectivity index (χ4v) is 4.37. The minimum Gasteiger partial charge on any atom is -0.503 e. The number of fused-ring (bicyclic) bond motifs is 2. The fourth-order valence-electron chi connectivity index (χ4n) is 4.37. The van der Waals surface area contributed by atoms with E-state index in [2.05, 4.69) is 9.97 Å². The van der Waals surface area contributed by atoms with Gasteiger partial charge in [0.15, 0.2) is 11.5 Å². The summed E-state index contributed by atoms with van der Waals surface area (Å²) in [5, 5.41) is 11.6. The summed E-state index contributed by atoms with van der Waals surface area (Å²) in [6.45, 7) is 3.96. The van der Waals surface area contributed by atoms with Crippen LogP contribution in [0.4, 0.5) is 5.95 Å². The molecule has 8 heteroatoms. The van der Waals surface area contributed by atoms with Gasteiger partial charge in [-0.2, -0.15) is 0 Å². The van der Waals surface area contributed by atoms with Crippen LogP contribution in [0.15, 0.2) is 81.0 Å². The molecule has 4 heterocycles. The Labute approximate surface area is 193 Å². The summed E-state index contributed by atoms with van der Waals surface area (Å²) in [7, 11) is 0. The summed E-state index contributed by atoms with van der Waals surface area (Å²) < 4.78 is 11.3. The third kappa shape index (κ3) is 2.88. The number of benzene rings is 2. The Bertz CT molecular complexity index is 1570. The number of hydrogen-bond acceptors (Lipinski definition) is 6. The molecule has 1 amide bonds. The number of carbonyl (C=O) groups excluding carboxylic acids is 2. The van der Waals surface area contributed by atoms with Crippen molar-refractivity contribution in [3.8, 4) is 0 Å². The number of ketones is 1. The predicted molar refractivity (Wildman–Crippen MR) is 125 cm³/mol. The number of carbonyl (C=O) groups is 2. The maximum absolute atomic E-state index is 13.6. The van der Waals surface area contributed by atoms with E-state index in [1.807, 2.05) is 38.1 Å². The number of aryl methyl sites for hydroxylation is 2. The van der Waals surface area contributed by atoms with Crippen molar-refractivity contribution in [3.63, 3.8) is 0 Å². The lowest BCUT2D eigenvalue weighted by molar-refractivity contribution is -0.117. The third-order valence-electron chi connectivity index (χ3n) is 6.23. The molecule has 168 valence electrons. The first-order valence-corrected chi connectivity index (χ1v) is 10.7. The molecule has 0 saturated carbocycles. The zero-order valence-electron chi connectivity index (χ0n) is 18.3. The Balaban J connectivity index is 1.49. The van der Waals surface area contributed by atoms with Crippen LogP contribution < -0.4 is 4.90 Å². The van der Waals surface area contributed by atoms with Gasteiger partial charge in [-0.3, -0.25) is 14.5 Å². The molecule has 1 aliphatic heterocycles. The van der Waals surface area contributed by atoms with Crippen LogP contribution in [0.5, 0.6) is 0 Å². The molecule has 0 aliphatic carbocycles. The summed E-state index contributed by atoms with van der Waals surface area (Å²) in [5.74, 6) is -1.50. The topological polar surface area (TPSA) is 113 Å². The number of anilines is 1. The lowest BCUT2D eigenvalue weighted by Gasteiger charge is -2.21. The molecule has 1 aliphatic rings. The number of amides is 1. The molecule has 3 aromatic heterocycles. The van der Waals surface area contributed by atoms with E-state index in [9.17, 15) is 14.7 Å². The van der Waals surface area contributed by atoms with E-state index in [0.29, 0.717) is 16.9 Å². The maximum atomic E-state index is 13.6. The van der Waals surface area contributed by atoms with Gasteiger partial charge in [0, 0.05) is 5.39 Å². The number of imidazole rings is 1. The molecule has 0 fully saturated rings. The second-order valence-electron chi connectivity index (χ2n) is 8.35. The van der Waals surface area contributed by atoms with Crippen LogP contribution in [0.25, 0.3) is 22.0 Å². The fraction of sp³-hybridized carbons (Fsp3) is 0.115. The Morgan fingerprint density at radius 1 is 1.09 bits per heavy atom. The van der Waals surface area contributed by atoms with Gasteiger partial charge in [0.05, 0.1) is 22.9 Å². The highest BCUT2D eigenvalue weighted by molar-refractivity contribution is 6.20. The standard InChI is InChI=1S/C26H19N3O5/c1-13-10-16-17(11-14(13)2)28-26(27-16)29-22(19-8-5-9-33-19)21(24(31)25(29)32)23(30)20-12-15-6-3-4-7-18(15)34-20/h3-12,22,31H,1-2H3,(H,27,28). The molecule has 6 rings (SSSR count). The number of H-pyrrole nitrogens is 1. The predicted octanol–water partition coefficient (Wildman–Crippen LogP) is 5.30. The summed E-state index contributed by atoms with van der Waals surface area (Å²) in [6.07, 6.45) is 1.45.